The van der Waals surface area contributed by atoms with Gasteiger partial charge in [0.05, 0.1) is 5.92 Å². The van der Waals surface area contributed by atoms with Gasteiger partial charge in [0.15, 0.2) is 5.78 Å². The van der Waals surface area contributed by atoms with Gasteiger partial charge in [-0.25, -0.2) is 0 Å². The molecule has 0 aliphatic heterocycles. The molecule has 1 aliphatic rings. The van der Waals surface area contributed by atoms with Crippen LogP contribution in [0.25, 0.3) is 0 Å². The molecular formula is C19H19NO3. The zero-order valence-corrected chi connectivity index (χ0v) is 13.2. The lowest BCUT2D eigenvalue weighted by Crippen LogP contribution is -2.12. The topological polar surface area (TPSA) is 57.6 Å². The number of fused-ring (bicyclic) bond motifs is 1. The second-order valence-corrected chi connectivity index (χ2v) is 6.20. The maximum absolute atomic E-state index is 12.6. The molecule has 0 fully saturated rings. The number of carboxylic acid groups (broad SMARTS) is 1. The molecule has 4 nitrogen and oxygen atoms in total. The van der Waals surface area contributed by atoms with Crippen molar-refractivity contribution < 1.29 is 14.7 Å². The first-order valence-corrected chi connectivity index (χ1v) is 7.62. The normalized spacial score (nSPS) is 16.0. The van der Waals surface area contributed by atoms with Crippen molar-refractivity contribution in [3.63, 3.8) is 0 Å². The van der Waals surface area contributed by atoms with Gasteiger partial charge >= 0.3 is 5.97 Å². The Labute approximate surface area is 135 Å². The van der Waals surface area contributed by atoms with E-state index in [4.69, 9.17) is 5.11 Å². The number of ketones is 1. The summed E-state index contributed by atoms with van der Waals surface area (Å²) in [5, 5.41) is 9.14. The van der Waals surface area contributed by atoms with E-state index < -0.39 is 5.97 Å². The quantitative estimate of drug-likeness (QED) is 0.882. The molecule has 0 amide bonds. The van der Waals surface area contributed by atoms with E-state index in [-0.39, 0.29) is 11.7 Å². The van der Waals surface area contributed by atoms with Crippen LogP contribution in [0.3, 0.4) is 0 Å². The van der Waals surface area contributed by atoms with E-state index in [1.165, 1.54) is 0 Å². The summed E-state index contributed by atoms with van der Waals surface area (Å²) >= 11 is 0. The molecule has 0 aromatic heterocycles. The number of hydrogen-bond donors (Lipinski definition) is 1. The number of carboxylic acids is 1. The zero-order chi connectivity index (χ0) is 16.6. The summed E-state index contributed by atoms with van der Waals surface area (Å²) in [6.07, 6.45) is 1.06. The maximum Gasteiger partial charge on any atom is 0.307 e. The highest BCUT2D eigenvalue weighted by Gasteiger charge is 2.27. The highest BCUT2D eigenvalue weighted by molar-refractivity contribution is 6.09. The van der Waals surface area contributed by atoms with E-state index in [0.717, 1.165) is 16.8 Å². The molecule has 0 radical (unpaired) electrons. The van der Waals surface area contributed by atoms with Crippen LogP contribution in [-0.4, -0.2) is 31.0 Å². The summed E-state index contributed by atoms with van der Waals surface area (Å²) < 4.78 is 0. The molecule has 4 heteroatoms. The van der Waals surface area contributed by atoms with Gasteiger partial charge in [0.1, 0.15) is 0 Å². The van der Waals surface area contributed by atoms with Gasteiger partial charge < -0.3 is 10.0 Å². The maximum atomic E-state index is 12.6. The highest BCUT2D eigenvalue weighted by Crippen LogP contribution is 2.28. The van der Waals surface area contributed by atoms with Crippen LogP contribution in [-0.2, 0) is 17.6 Å². The molecular weight excluding hydrogens is 290 g/mol. The van der Waals surface area contributed by atoms with Crippen molar-refractivity contribution in [3.8, 4) is 0 Å². The minimum Gasteiger partial charge on any atom is -0.481 e. The van der Waals surface area contributed by atoms with Gasteiger partial charge in [0.25, 0.3) is 0 Å². The van der Waals surface area contributed by atoms with E-state index in [1.807, 2.05) is 55.4 Å². The van der Waals surface area contributed by atoms with Crippen LogP contribution in [0.15, 0.2) is 42.5 Å². The number of anilines is 1. The summed E-state index contributed by atoms with van der Waals surface area (Å²) in [6.45, 7) is 0. The third-order valence-corrected chi connectivity index (χ3v) is 4.40. The fourth-order valence-corrected chi connectivity index (χ4v) is 3.01. The SMILES string of the molecule is CN(C)c1ccc(C(=O)c2ccc3c(c2)CC(C(=O)O)C3)cc1. The molecule has 23 heavy (non-hydrogen) atoms. The van der Waals surface area contributed by atoms with E-state index in [1.54, 1.807) is 6.07 Å². The number of carbonyl (C=O) groups is 2. The zero-order valence-electron chi connectivity index (χ0n) is 13.2. The van der Waals surface area contributed by atoms with Crippen molar-refractivity contribution in [3.05, 3.63) is 64.7 Å². The molecule has 1 N–H and O–H groups in total. The van der Waals surface area contributed by atoms with Gasteiger partial charge in [-0.3, -0.25) is 9.59 Å². The number of nitrogens with zero attached hydrogens (tertiary/aromatic N) is 1. The molecule has 0 spiro atoms. The number of benzene rings is 2. The average molecular weight is 309 g/mol. The smallest absolute Gasteiger partial charge is 0.307 e. The summed E-state index contributed by atoms with van der Waals surface area (Å²) in [5.41, 5.74) is 4.32. The summed E-state index contributed by atoms with van der Waals surface area (Å²) in [5.74, 6) is -1.17. The molecule has 2 aromatic rings. The molecule has 118 valence electrons. The van der Waals surface area contributed by atoms with Gasteiger partial charge in [0.2, 0.25) is 0 Å². The Morgan fingerprint density at radius 1 is 0.957 bits per heavy atom. The Bertz CT molecular complexity index is 763. The van der Waals surface area contributed by atoms with Crippen LogP contribution in [0.1, 0.15) is 27.0 Å². The summed E-state index contributed by atoms with van der Waals surface area (Å²) in [6, 6.07) is 13.0. The molecule has 0 saturated heterocycles. The van der Waals surface area contributed by atoms with Crippen molar-refractivity contribution in [2.24, 2.45) is 5.92 Å². The first-order chi connectivity index (χ1) is 11.0. The molecule has 1 atom stereocenters. The third-order valence-electron chi connectivity index (χ3n) is 4.40. The molecule has 1 aliphatic carbocycles. The van der Waals surface area contributed by atoms with Crippen LogP contribution in [0, 0.1) is 5.92 Å². The molecule has 0 saturated carbocycles. The van der Waals surface area contributed by atoms with Gasteiger partial charge in [-0.2, -0.15) is 0 Å². The first kappa shape index (κ1) is 15.3. The van der Waals surface area contributed by atoms with Crippen LogP contribution in [0.2, 0.25) is 0 Å². The standard InChI is InChI=1S/C19H19NO3/c1-20(2)17-7-5-12(6-8-17)18(21)14-4-3-13-9-16(19(22)23)11-15(13)10-14/h3-8,10,16H,9,11H2,1-2H3,(H,22,23). The average Bonchev–Trinajstić information content (AvgIpc) is 2.97. The van der Waals surface area contributed by atoms with Crippen molar-refractivity contribution in [2.45, 2.75) is 12.8 Å². The lowest BCUT2D eigenvalue weighted by molar-refractivity contribution is -0.141. The lowest BCUT2D eigenvalue weighted by atomic mass is 9.99. The minimum atomic E-state index is -0.770. The Morgan fingerprint density at radius 3 is 2.17 bits per heavy atom. The molecule has 2 aromatic carbocycles. The van der Waals surface area contributed by atoms with Crippen molar-refractivity contribution >= 4 is 17.4 Å². The lowest BCUT2D eigenvalue weighted by Gasteiger charge is -2.12. The predicted octanol–water partition coefficient (Wildman–Crippen LogP) is 2.78. The Kier molecular flexibility index (Phi) is 3.90. The fraction of sp³-hybridized carbons (Fsp3) is 0.263. The van der Waals surface area contributed by atoms with Gasteiger partial charge in [-0.15, -0.1) is 0 Å². The van der Waals surface area contributed by atoms with Crippen LogP contribution in [0.5, 0.6) is 0 Å². The highest BCUT2D eigenvalue weighted by atomic mass is 16.4. The van der Waals surface area contributed by atoms with E-state index in [9.17, 15) is 9.59 Å². The van der Waals surface area contributed by atoms with Gasteiger partial charge in [-0.1, -0.05) is 12.1 Å². The second-order valence-electron chi connectivity index (χ2n) is 6.20. The van der Waals surface area contributed by atoms with Crippen molar-refractivity contribution in [1.82, 2.24) is 0 Å². The predicted molar refractivity (Wildman–Crippen MR) is 89.2 cm³/mol. The summed E-state index contributed by atoms with van der Waals surface area (Å²) in [7, 11) is 3.91. The Morgan fingerprint density at radius 2 is 1.57 bits per heavy atom. The van der Waals surface area contributed by atoms with Crippen LogP contribution < -0.4 is 4.90 Å². The van der Waals surface area contributed by atoms with E-state index in [2.05, 4.69) is 0 Å². The number of carbonyl (C=O) groups excluding carboxylic acids is 1. The fourth-order valence-electron chi connectivity index (χ4n) is 3.01. The van der Waals surface area contributed by atoms with Gasteiger partial charge in [0, 0.05) is 30.9 Å². The number of rotatable bonds is 4. The Balaban J connectivity index is 1.84. The first-order valence-electron chi connectivity index (χ1n) is 7.62. The number of hydrogen-bond acceptors (Lipinski definition) is 3. The number of aliphatic carboxylic acids is 1. The molecule has 0 heterocycles. The van der Waals surface area contributed by atoms with Crippen LogP contribution in [0.4, 0.5) is 5.69 Å². The monoisotopic (exact) mass is 309 g/mol. The molecule has 0 bridgehead atoms. The van der Waals surface area contributed by atoms with Gasteiger partial charge in [-0.05, 0) is 54.3 Å². The summed E-state index contributed by atoms with van der Waals surface area (Å²) in [4.78, 5) is 25.7. The van der Waals surface area contributed by atoms with Crippen molar-refractivity contribution in [2.75, 3.05) is 19.0 Å². The third kappa shape index (κ3) is 2.97. The van der Waals surface area contributed by atoms with Crippen molar-refractivity contribution in [1.29, 1.82) is 0 Å². The second kappa shape index (κ2) is 5.88. The largest absolute Gasteiger partial charge is 0.481 e. The molecule has 3 rings (SSSR count). The van der Waals surface area contributed by atoms with Crippen LogP contribution >= 0.6 is 0 Å². The molecule has 1 unspecified atom stereocenters. The minimum absolute atomic E-state index is 0.0307. The van der Waals surface area contributed by atoms with E-state index >= 15 is 0 Å². The Hall–Kier alpha value is -2.62. The van der Waals surface area contributed by atoms with E-state index in [0.29, 0.717) is 24.0 Å².